The van der Waals surface area contributed by atoms with Crippen molar-refractivity contribution in [3.8, 4) is 0 Å². The summed E-state index contributed by atoms with van der Waals surface area (Å²) in [5.74, 6) is 6.07. The largest absolute Gasteiger partial charge is 0.353 e. The van der Waals surface area contributed by atoms with E-state index in [1.807, 2.05) is 0 Å². The van der Waals surface area contributed by atoms with E-state index in [0.717, 1.165) is 12.6 Å². The molecule has 0 bridgehead atoms. The van der Waals surface area contributed by atoms with Crippen molar-refractivity contribution in [3.05, 3.63) is 0 Å². The Balaban J connectivity index is 2.36. The van der Waals surface area contributed by atoms with Crippen LogP contribution in [0.1, 0.15) is 33.6 Å². The van der Waals surface area contributed by atoms with Crippen molar-refractivity contribution in [2.24, 2.45) is 10.8 Å². The van der Waals surface area contributed by atoms with Crippen LogP contribution in [0, 0.1) is 0 Å². The van der Waals surface area contributed by atoms with E-state index >= 15 is 0 Å². The van der Waals surface area contributed by atoms with Gasteiger partial charge in [-0.3, -0.25) is 15.3 Å². The molecule has 0 saturated heterocycles. The molecular formula is C11H25N5. The van der Waals surface area contributed by atoms with Crippen LogP contribution in [-0.2, 0) is 0 Å². The van der Waals surface area contributed by atoms with Crippen LogP contribution in [0.25, 0.3) is 0 Å². The molecule has 1 atom stereocenters. The second kappa shape index (κ2) is 6.06. The fourth-order valence-electron chi connectivity index (χ4n) is 1.60. The number of hydrogen-bond donors (Lipinski definition) is 3. The number of nitrogens with zero attached hydrogens (tertiary/aromatic N) is 2. The molecule has 1 saturated carbocycles. The van der Waals surface area contributed by atoms with Crippen molar-refractivity contribution >= 4 is 5.96 Å². The molecule has 0 heterocycles. The molecule has 1 aliphatic carbocycles. The summed E-state index contributed by atoms with van der Waals surface area (Å²) < 4.78 is 0. The zero-order valence-corrected chi connectivity index (χ0v) is 10.8. The average Bonchev–Trinajstić information content (AvgIpc) is 3.05. The molecule has 0 radical (unpaired) electrons. The molecule has 0 aromatic carbocycles. The SMILES string of the molecule is CC(C)NC(=NCC(C)N(C)C1CC1)NN. The van der Waals surface area contributed by atoms with Crippen LogP contribution in [0.2, 0.25) is 0 Å². The molecule has 0 aromatic rings. The summed E-state index contributed by atoms with van der Waals surface area (Å²) >= 11 is 0. The van der Waals surface area contributed by atoms with Crippen molar-refractivity contribution in [3.63, 3.8) is 0 Å². The van der Waals surface area contributed by atoms with Crippen LogP contribution >= 0.6 is 0 Å². The van der Waals surface area contributed by atoms with Crippen LogP contribution in [0.4, 0.5) is 0 Å². The molecule has 0 aliphatic heterocycles. The monoisotopic (exact) mass is 227 g/mol. The molecule has 0 aromatic heterocycles. The predicted molar refractivity (Wildman–Crippen MR) is 68.1 cm³/mol. The molecule has 1 rings (SSSR count). The van der Waals surface area contributed by atoms with Crippen molar-refractivity contribution < 1.29 is 0 Å². The minimum absolute atomic E-state index is 0.339. The van der Waals surface area contributed by atoms with Crippen LogP contribution in [0.15, 0.2) is 4.99 Å². The normalized spacial score (nSPS) is 19.1. The quantitative estimate of drug-likeness (QED) is 0.273. The van der Waals surface area contributed by atoms with Crippen molar-refractivity contribution in [2.45, 2.75) is 51.7 Å². The zero-order valence-electron chi connectivity index (χ0n) is 10.8. The molecular weight excluding hydrogens is 202 g/mol. The highest BCUT2D eigenvalue weighted by Crippen LogP contribution is 2.26. The fourth-order valence-corrected chi connectivity index (χ4v) is 1.60. The summed E-state index contributed by atoms with van der Waals surface area (Å²) in [6.07, 6.45) is 2.66. The van der Waals surface area contributed by atoms with Crippen molar-refractivity contribution in [1.29, 1.82) is 0 Å². The standard InChI is InChI=1S/C11H25N5/c1-8(2)14-11(15-12)13-7-9(3)16(4)10-5-6-10/h8-10H,5-7,12H2,1-4H3,(H2,13,14,15). The molecule has 0 spiro atoms. The van der Waals surface area contributed by atoms with Gasteiger partial charge < -0.3 is 5.32 Å². The average molecular weight is 227 g/mol. The smallest absolute Gasteiger partial charge is 0.205 e. The van der Waals surface area contributed by atoms with E-state index in [1.54, 1.807) is 0 Å². The van der Waals surface area contributed by atoms with E-state index in [-0.39, 0.29) is 0 Å². The number of likely N-dealkylation sites (N-methyl/N-ethyl adjacent to an activating group) is 1. The summed E-state index contributed by atoms with van der Waals surface area (Å²) in [5.41, 5.74) is 2.59. The summed E-state index contributed by atoms with van der Waals surface area (Å²) in [6, 6.07) is 1.58. The minimum Gasteiger partial charge on any atom is -0.353 e. The Hall–Kier alpha value is -0.810. The third kappa shape index (κ3) is 4.37. The van der Waals surface area contributed by atoms with Gasteiger partial charge in [0.05, 0.1) is 6.54 Å². The first-order chi connectivity index (χ1) is 7.54. The van der Waals surface area contributed by atoms with Gasteiger partial charge in [-0.15, -0.1) is 0 Å². The lowest BCUT2D eigenvalue weighted by molar-refractivity contribution is 0.253. The summed E-state index contributed by atoms with van der Waals surface area (Å²) in [7, 11) is 2.17. The number of hydrazine groups is 1. The topological polar surface area (TPSA) is 65.7 Å². The highest BCUT2D eigenvalue weighted by atomic mass is 15.3. The molecule has 4 N–H and O–H groups in total. The molecule has 1 unspecified atom stereocenters. The second-order valence-electron chi connectivity index (χ2n) is 4.88. The molecule has 1 aliphatic rings. The van der Waals surface area contributed by atoms with E-state index in [9.17, 15) is 0 Å². The van der Waals surface area contributed by atoms with Crippen molar-refractivity contribution in [2.75, 3.05) is 13.6 Å². The Morgan fingerprint density at radius 2 is 2.06 bits per heavy atom. The van der Waals surface area contributed by atoms with E-state index in [1.165, 1.54) is 12.8 Å². The minimum atomic E-state index is 0.339. The van der Waals surface area contributed by atoms with E-state index in [4.69, 9.17) is 5.84 Å². The maximum atomic E-state index is 5.40. The lowest BCUT2D eigenvalue weighted by atomic mass is 10.3. The predicted octanol–water partition coefficient (Wildman–Crippen LogP) is 0.286. The Kier molecular flexibility index (Phi) is 5.02. The van der Waals surface area contributed by atoms with Gasteiger partial charge in [-0.1, -0.05) is 0 Å². The lowest BCUT2D eigenvalue weighted by Gasteiger charge is -2.23. The Bertz CT molecular complexity index is 235. The maximum Gasteiger partial charge on any atom is 0.205 e. The fraction of sp³-hybridized carbons (Fsp3) is 0.909. The first kappa shape index (κ1) is 13.3. The van der Waals surface area contributed by atoms with Gasteiger partial charge in [-0.25, -0.2) is 5.84 Å². The number of rotatable bonds is 5. The molecule has 1 fully saturated rings. The van der Waals surface area contributed by atoms with E-state index in [2.05, 4.69) is 48.5 Å². The highest BCUT2D eigenvalue weighted by molar-refractivity contribution is 5.79. The number of aliphatic imine (C=N–C) groups is 1. The lowest BCUT2D eigenvalue weighted by Crippen LogP contribution is -2.45. The van der Waals surface area contributed by atoms with Gasteiger partial charge in [0, 0.05) is 18.1 Å². The maximum absolute atomic E-state index is 5.40. The summed E-state index contributed by atoms with van der Waals surface area (Å²) in [5, 5.41) is 3.16. The first-order valence-corrected chi connectivity index (χ1v) is 6.04. The summed E-state index contributed by atoms with van der Waals surface area (Å²) in [4.78, 5) is 6.84. The van der Waals surface area contributed by atoms with Gasteiger partial charge in [0.25, 0.3) is 0 Å². The third-order valence-electron chi connectivity index (χ3n) is 2.89. The first-order valence-electron chi connectivity index (χ1n) is 6.04. The number of guanidine groups is 1. The van der Waals surface area contributed by atoms with E-state index in [0.29, 0.717) is 18.0 Å². The number of hydrogen-bond acceptors (Lipinski definition) is 3. The van der Waals surface area contributed by atoms with E-state index < -0.39 is 0 Å². The van der Waals surface area contributed by atoms with Gasteiger partial charge >= 0.3 is 0 Å². The summed E-state index contributed by atoms with van der Waals surface area (Å²) in [6.45, 7) is 7.09. The van der Waals surface area contributed by atoms with Gasteiger partial charge in [-0.05, 0) is 40.7 Å². The molecule has 0 amide bonds. The Morgan fingerprint density at radius 3 is 2.50 bits per heavy atom. The van der Waals surface area contributed by atoms with Crippen LogP contribution in [0.5, 0.6) is 0 Å². The molecule has 16 heavy (non-hydrogen) atoms. The van der Waals surface area contributed by atoms with Gasteiger partial charge in [0.15, 0.2) is 0 Å². The number of nitrogens with two attached hydrogens (primary N) is 1. The molecule has 5 heteroatoms. The van der Waals surface area contributed by atoms with Gasteiger partial charge in [-0.2, -0.15) is 0 Å². The Labute approximate surface area is 98.4 Å². The number of nitrogens with one attached hydrogen (secondary N) is 2. The second-order valence-corrected chi connectivity index (χ2v) is 4.88. The van der Waals surface area contributed by atoms with Crippen LogP contribution < -0.4 is 16.6 Å². The van der Waals surface area contributed by atoms with Crippen molar-refractivity contribution in [1.82, 2.24) is 15.6 Å². The third-order valence-corrected chi connectivity index (χ3v) is 2.89. The molecule has 5 nitrogen and oxygen atoms in total. The van der Waals surface area contributed by atoms with Gasteiger partial charge in [0.1, 0.15) is 0 Å². The van der Waals surface area contributed by atoms with Crippen LogP contribution in [-0.4, -0.2) is 42.6 Å². The van der Waals surface area contributed by atoms with Crippen LogP contribution in [0.3, 0.4) is 0 Å². The van der Waals surface area contributed by atoms with Gasteiger partial charge in [0.2, 0.25) is 5.96 Å². The highest BCUT2D eigenvalue weighted by Gasteiger charge is 2.28. The Morgan fingerprint density at radius 1 is 1.44 bits per heavy atom. The zero-order chi connectivity index (χ0) is 12.1. The molecule has 94 valence electrons.